The molecule has 1 saturated heterocycles. The largest absolute Gasteiger partial charge is 0.397 e. The number of ether oxygens (including phenoxy) is 2. The molecule has 14 heteroatoms. The second-order valence-electron chi connectivity index (χ2n) is 18.6. The lowest BCUT2D eigenvalue weighted by Gasteiger charge is -2.41. The molecule has 1 amide bonds. The Morgan fingerprint density at radius 2 is 1.08 bits per heavy atom. The molecule has 65 heavy (non-hydrogen) atoms. The quantitative estimate of drug-likeness (QED) is 0.0173. The second-order valence-corrected chi connectivity index (χ2v) is 19.6. The first-order valence-electron chi connectivity index (χ1n) is 26.3. The number of aliphatic hydroxyl groups excluding tert-OH is 5. The molecule has 0 bridgehead atoms. The summed E-state index contributed by atoms with van der Waals surface area (Å²) >= 11 is 0. The lowest BCUT2D eigenvalue weighted by molar-refractivity contribution is -0.298. The molecule has 1 rings (SSSR count). The SMILES string of the molecule is CC/C=C\C/C=C\CCCCCCCCCCCCCCCC(O)C(=O)NC(COC1OC(CO)C(O)C(OS(=O)(=O)O)C1O)C(O)CCCCCCCCCCCCCCCCCC. The Kier molecular flexibility index (Phi) is 39.3. The number of carbonyl (C=O) groups excluding carboxylic acids is 1. The highest BCUT2D eigenvalue weighted by atomic mass is 32.3. The molecule has 0 aromatic heterocycles. The van der Waals surface area contributed by atoms with Crippen LogP contribution in [0.15, 0.2) is 24.3 Å². The van der Waals surface area contributed by atoms with Crippen molar-refractivity contribution in [2.75, 3.05) is 13.2 Å². The van der Waals surface area contributed by atoms with E-state index in [2.05, 4.69) is 47.7 Å². The number of carbonyl (C=O) groups is 1. The zero-order valence-corrected chi connectivity index (χ0v) is 41.7. The minimum absolute atomic E-state index is 0.260. The molecular weight excluding hydrogens is 851 g/mol. The number of allylic oxidation sites excluding steroid dienone is 4. The molecule has 0 aromatic rings. The van der Waals surface area contributed by atoms with Crippen molar-refractivity contribution in [1.82, 2.24) is 5.32 Å². The molecule has 1 heterocycles. The van der Waals surface area contributed by atoms with E-state index in [4.69, 9.17) is 9.47 Å². The smallest absolute Gasteiger partial charge is 0.394 e. The highest BCUT2D eigenvalue weighted by Crippen LogP contribution is 2.26. The molecule has 7 N–H and O–H groups in total. The molecule has 0 radical (unpaired) electrons. The van der Waals surface area contributed by atoms with Gasteiger partial charge >= 0.3 is 10.4 Å². The highest BCUT2D eigenvalue weighted by Gasteiger charge is 2.48. The normalized spacial score (nSPS) is 20.8. The molecule has 13 nitrogen and oxygen atoms in total. The fourth-order valence-corrected chi connectivity index (χ4v) is 9.01. The molecule has 8 unspecified atom stereocenters. The number of rotatable bonds is 45. The number of nitrogens with one attached hydrogen (secondary N) is 1. The molecule has 0 spiro atoms. The van der Waals surface area contributed by atoms with Gasteiger partial charge in [-0.05, 0) is 38.5 Å². The molecule has 0 saturated carbocycles. The second kappa shape index (κ2) is 41.5. The summed E-state index contributed by atoms with van der Waals surface area (Å²) in [7, 11) is -5.11. The monoisotopic (exact) mass is 948 g/mol. The Balaban J connectivity index is 2.46. The standard InChI is InChI=1S/C51H97NO12S/c1-3-5-7-9-11-13-15-17-19-21-22-23-24-26-28-30-32-34-36-38-40-45(55)50(58)52-43(42-62-51-48(57)49(64-65(59,60)61)47(56)46(41-53)63-51)44(54)39-37-35-33-31-29-27-25-20-18-16-14-12-10-8-6-4-2/h5,7,11,13,43-49,51,53-57H,3-4,6,8-10,12,14-42H2,1-2H3,(H,52,58)(H,59,60,61)/b7-5-,13-11-. The minimum atomic E-state index is -5.11. The zero-order chi connectivity index (χ0) is 47.8. The van der Waals surface area contributed by atoms with Crippen molar-refractivity contribution in [1.29, 1.82) is 0 Å². The topological polar surface area (TPSA) is 212 Å². The van der Waals surface area contributed by atoms with Crippen LogP contribution >= 0.6 is 0 Å². The first-order chi connectivity index (χ1) is 31.4. The Morgan fingerprint density at radius 1 is 0.631 bits per heavy atom. The first-order valence-corrected chi connectivity index (χ1v) is 27.7. The van der Waals surface area contributed by atoms with E-state index in [1.807, 2.05) is 0 Å². The summed E-state index contributed by atoms with van der Waals surface area (Å²) in [5.74, 6) is -0.668. The van der Waals surface area contributed by atoms with E-state index >= 15 is 0 Å². The van der Waals surface area contributed by atoms with Crippen LogP contribution in [-0.2, 0) is 28.9 Å². The number of unbranched alkanes of at least 4 members (excludes halogenated alkanes) is 28. The van der Waals surface area contributed by atoms with Gasteiger partial charge in [0.25, 0.3) is 0 Å². The Hall–Kier alpha value is -1.46. The van der Waals surface area contributed by atoms with Gasteiger partial charge in [0.05, 0.1) is 25.4 Å². The number of amides is 1. The predicted molar refractivity (Wildman–Crippen MR) is 261 cm³/mol. The third kappa shape index (κ3) is 33.6. The average molecular weight is 948 g/mol. The van der Waals surface area contributed by atoms with Crippen molar-refractivity contribution in [2.24, 2.45) is 0 Å². The molecule has 0 aromatic carbocycles. The lowest BCUT2D eigenvalue weighted by Crippen LogP contribution is -2.61. The maximum Gasteiger partial charge on any atom is 0.397 e. The van der Waals surface area contributed by atoms with Crippen molar-refractivity contribution in [3.8, 4) is 0 Å². The van der Waals surface area contributed by atoms with Gasteiger partial charge in [-0.15, -0.1) is 0 Å². The summed E-state index contributed by atoms with van der Waals surface area (Å²) in [6.07, 6.45) is 36.4. The minimum Gasteiger partial charge on any atom is -0.394 e. The van der Waals surface area contributed by atoms with Gasteiger partial charge in [-0.1, -0.05) is 218 Å². The van der Waals surface area contributed by atoms with Gasteiger partial charge in [0.15, 0.2) is 6.29 Å². The predicted octanol–water partition coefficient (Wildman–Crippen LogP) is 10.3. The summed E-state index contributed by atoms with van der Waals surface area (Å²) in [4.78, 5) is 13.2. The summed E-state index contributed by atoms with van der Waals surface area (Å²) < 4.78 is 47.7. The summed E-state index contributed by atoms with van der Waals surface area (Å²) in [6.45, 7) is 3.20. The van der Waals surface area contributed by atoms with Crippen LogP contribution in [0.1, 0.15) is 232 Å². The van der Waals surface area contributed by atoms with Gasteiger partial charge in [0.1, 0.15) is 30.5 Å². The van der Waals surface area contributed by atoms with Crippen LogP contribution in [0.3, 0.4) is 0 Å². The molecule has 0 aliphatic carbocycles. The van der Waals surface area contributed by atoms with Crippen LogP contribution in [-0.4, -0.2) is 107 Å². The van der Waals surface area contributed by atoms with Crippen LogP contribution in [0, 0.1) is 0 Å². The Labute approximate surface area is 395 Å². The van der Waals surface area contributed by atoms with Crippen molar-refractivity contribution >= 4 is 16.3 Å². The van der Waals surface area contributed by atoms with Crippen LogP contribution in [0.4, 0.5) is 0 Å². The van der Waals surface area contributed by atoms with E-state index in [0.29, 0.717) is 19.3 Å². The lowest BCUT2D eigenvalue weighted by atomic mass is 9.99. The highest BCUT2D eigenvalue weighted by molar-refractivity contribution is 7.80. The summed E-state index contributed by atoms with van der Waals surface area (Å²) in [6, 6.07) is -1.03. The van der Waals surface area contributed by atoms with E-state index < -0.39 is 78.5 Å². The van der Waals surface area contributed by atoms with Crippen LogP contribution in [0.25, 0.3) is 0 Å². The van der Waals surface area contributed by atoms with E-state index in [9.17, 15) is 43.3 Å². The third-order valence-corrected chi connectivity index (χ3v) is 13.1. The van der Waals surface area contributed by atoms with Crippen LogP contribution in [0.2, 0.25) is 0 Å². The summed E-state index contributed by atoms with van der Waals surface area (Å²) in [5.41, 5.74) is 0. The van der Waals surface area contributed by atoms with Crippen molar-refractivity contribution in [3.63, 3.8) is 0 Å². The molecule has 384 valence electrons. The van der Waals surface area contributed by atoms with Crippen LogP contribution < -0.4 is 5.32 Å². The van der Waals surface area contributed by atoms with Crippen molar-refractivity contribution in [2.45, 2.75) is 281 Å². The average Bonchev–Trinajstić information content (AvgIpc) is 3.28. The van der Waals surface area contributed by atoms with Gasteiger partial charge in [-0.2, -0.15) is 8.42 Å². The molecule has 1 fully saturated rings. The number of hydrogen-bond donors (Lipinski definition) is 7. The van der Waals surface area contributed by atoms with E-state index in [0.717, 1.165) is 51.4 Å². The number of aliphatic hydroxyl groups is 5. The van der Waals surface area contributed by atoms with Gasteiger partial charge in [0.2, 0.25) is 5.91 Å². The van der Waals surface area contributed by atoms with Gasteiger partial charge in [0, 0.05) is 0 Å². The Morgan fingerprint density at radius 3 is 1.54 bits per heavy atom. The van der Waals surface area contributed by atoms with E-state index in [1.165, 1.54) is 141 Å². The van der Waals surface area contributed by atoms with Crippen molar-refractivity contribution in [3.05, 3.63) is 24.3 Å². The fraction of sp³-hybridized carbons (Fsp3) is 0.902. The molecule has 1 aliphatic rings. The maximum atomic E-state index is 13.2. The van der Waals surface area contributed by atoms with Crippen molar-refractivity contribution < 1.29 is 57.0 Å². The van der Waals surface area contributed by atoms with Gasteiger partial charge in [-0.25, -0.2) is 4.18 Å². The van der Waals surface area contributed by atoms with Crippen LogP contribution in [0.5, 0.6) is 0 Å². The molecule has 1 aliphatic heterocycles. The molecular formula is C51H97NO12S. The maximum absolute atomic E-state index is 13.2. The Bertz CT molecular complexity index is 1270. The van der Waals surface area contributed by atoms with Gasteiger partial charge in [-0.3, -0.25) is 9.35 Å². The zero-order valence-electron chi connectivity index (χ0n) is 40.9. The third-order valence-electron chi connectivity index (χ3n) is 12.6. The summed E-state index contributed by atoms with van der Waals surface area (Å²) in [5, 5.41) is 55.6. The molecule has 8 atom stereocenters. The first kappa shape index (κ1) is 61.6. The number of hydrogen-bond acceptors (Lipinski definition) is 11. The van der Waals surface area contributed by atoms with Gasteiger partial charge < -0.3 is 40.3 Å². The van der Waals surface area contributed by atoms with E-state index in [-0.39, 0.29) is 6.42 Å². The fourth-order valence-electron chi connectivity index (χ4n) is 8.51. The van der Waals surface area contributed by atoms with E-state index in [1.54, 1.807) is 0 Å².